The molecule has 1 nitrogen and oxygen atoms in total. The van der Waals surface area contributed by atoms with Gasteiger partial charge in [0, 0.05) is 16.5 Å². The van der Waals surface area contributed by atoms with Crippen molar-refractivity contribution in [1.29, 1.82) is 0 Å². The van der Waals surface area contributed by atoms with Gasteiger partial charge in [-0.15, -0.1) is 0 Å². The summed E-state index contributed by atoms with van der Waals surface area (Å²) in [5.74, 6) is 0.177. The van der Waals surface area contributed by atoms with Crippen molar-refractivity contribution in [1.82, 2.24) is 0 Å². The Morgan fingerprint density at radius 3 is 2.26 bits per heavy atom. The van der Waals surface area contributed by atoms with E-state index in [4.69, 9.17) is 0 Å². The number of hydrogen-bond donors (Lipinski definition) is 0. The van der Waals surface area contributed by atoms with Gasteiger partial charge in [0.25, 0.3) is 0 Å². The largest absolute Gasteiger partial charge is 0.294 e. The number of rotatable bonds is 3. The molecule has 0 bridgehead atoms. The second kappa shape index (κ2) is 5.70. The molecular weight excluding hydrogens is 300 g/mol. The zero-order valence-corrected chi connectivity index (χ0v) is 13.0. The molecule has 0 amide bonds. The fourth-order valence-corrected chi connectivity index (χ4v) is 2.64. The SMILES string of the molecule is Cc1ccc(Br)cc1C(=O)Cc1c(C)cccc1C. The van der Waals surface area contributed by atoms with Gasteiger partial charge in [0.2, 0.25) is 0 Å². The standard InChI is InChI=1S/C17H17BrO/c1-11-5-4-6-12(2)15(11)10-17(19)16-9-14(18)8-7-13(16)3/h4-9H,10H2,1-3H3. The summed E-state index contributed by atoms with van der Waals surface area (Å²) in [5, 5.41) is 0. The Bertz CT molecular complexity index is 609. The van der Waals surface area contributed by atoms with Crippen LogP contribution in [-0.4, -0.2) is 5.78 Å². The molecule has 0 aliphatic heterocycles. The molecular formula is C17H17BrO. The summed E-state index contributed by atoms with van der Waals surface area (Å²) in [6.07, 6.45) is 0.468. The third-order valence-corrected chi connectivity index (χ3v) is 3.98. The minimum Gasteiger partial charge on any atom is -0.294 e. The Hall–Kier alpha value is -1.41. The molecule has 19 heavy (non-hydrogen) atoms. The predicted octanol–water partition coefficient (Wildman–Crippen LogP) is 4.80. The van der Waals surface area contributed by atoms with Crippen LogP contribution in [0.4, 0.5) is 0 Å². The maximum atomic E-state index is 12.5. The molecule has 0 fully saturated rings. The van der Waals surface area contributed by atoms with Crippen molar-refractivity contribution in [2.24, 2.45) is 0 Å². The Balaban J connectivity index is 2.34. The normalized spacial score (nSPS) is 10.5. The molecule has 0 unspecified atom stereocenters. The van der Waals surface area contributed by atoms with E-state index in [1.807, 2.05) is 31.2 Å². The lowest BCUT2D eigenvalue weighted by molar-refractivity contribution is 0.0992. The van der Waals surface area contributed by atoms with Crippen LogP contribution >= 0.6 is 15.9 Å². The number of hydrogen-bond acceptors (Lipinski definition) is 1. The summed E-state index contributed by atoms with van der Waals surface area (Å²) in [5.41, 5.74) is 5.34. The number of benzene rings is 2. The van der Waals surface area contributed by atoms with Crippen LogP contribution in [0.25, 0.3) is 0 Å². The van der Waals surface area contributed by atoms with E-state index in [0.29, 0.717) is 6.42 Å². The molecule has 0 aromatic heterocycles. The number of halogens is 1. The molecule has 2 heteroatoms. The van der Waals surface area contributed by atoms with E-state index >= 15 is 0 Å². The molecule has 2 aromatic rings. The van der Waals surface area contributed by atoms with Gasteiger partial charge in [-0.2, -0.15) is 0 Å². The average Bonchev–Trinajstić information content (AvgIpc) is 2.37. The summed E-state index contributed by atoms with van der Waals surface area (Å²) in [6, 6.07) is 12.0. The van der Waals surface area contributed by atoms with Crippen molar-refractivity contribution < 1.29 is 4.79 Å². The van der Waals surface area contributed by atoms with E-state index in [2.05, 4.69) is 41.9 Å². The lowest BCUT2D eigenvalue weighted by Crippen LogP contribution is -2.08. The fourth-order valence-electron chi connectivity index (χ4n) is 2.28. The first-order valence-electron chi connectivity index (χ1n) is 6.33. The van der Waals surface area contributed by atoms with Gasteiger partial charge >= 0.3 is 0 Å². The van der Waals surface area contributed by atoms with Gasteiger partial charge in [0.1, 0.15) is 0 Å². The van der Waals surface area contributed by atoms with E-state index < -0.39 is 0 Å². The molecule has 0 radical (unpaired) electrons. The molecule has 0 aliphatic carbocycles. The minimum atomic E-state index is 0.177. The third kappa shape index (κ3) is 3.13. The zero-order valence-electron chi connectivity index (χ0n) is 11.5. The second-order valence-electron chi connectivity index (χ2n) is 4.93. The van der Waals surface area contributed by atoms with Crippen LogP contribution < -0.4 is 0 Å². The first kappa shape index (κ1) is 14.0. The van der Waals surface area contributed by atoms with Gasteiger partial charge in [-0.1, -0.05) is 40.2 Å². The van der Waals surface area contributed by atoms with E-state index in [1.54, 1.807) is 0 Å². The Morgan fingerprint density at radius 2 is 1.63 bits per heavy atom. The van der Waals surface area contributed by atoms with E-state index in [1.165, 1.54) is 11.1 Å². The number of carbonyl (C=O) groups is 1. The van der Waals surface area contributed by atoms with E-state index in [9.17, 15) is 4.79 Å². The van der Waals surface area contributed by atoms with Crippen molar-refractivity contribution in [3.63, 3.8) is 0 Å². The molecule has 2 rings (SSSR count). The van der Waals surface area contributed by atoms with Crippen LogP contribution in [0.1, 0.15) is 32.6 Å². The van der Waals surface area contributed by atoms with Gasteiger partial charge in [-0.05, 0) is 55.2 Å². The summed E-state index contributed by atoms with van der Waals surface area (Å²) in [4.78, 5) is 12.5. The lowest BCUT2D eigenvalue weighted by Gasteiger charge is -2.10. The van der Waals surface area contributed by atoms with Gasteiger partial charge in [-0.25, -0.2) is 0 Å². The van der Waals surface area contributed by atoms with Crippen molar-refractivity contribution in [2.45, 2.75) is 27.2 Å². The molecule has 0 aliphatic rings. The van der Waals surface area contributed by atoms with Crippen LogP contribution in [-0.2, 0) is 6.42 Å². The second-order valence-corrected chi connectivity index (χ2v) is 5.85. The minimum absolute atomic E-state index is 0.177. The van der Waals surface area contributed by atoms with E-state index in [0.717, 1.165) is 21.2 Å². The van der Waals surface area contributed by atoms with Crippen molar-refractivity contribution >= 4 is 21.7 Å². The number of Topliss-reactive ketones (excluding diaryl/α,β-unsaturated/α-hetero) is 1. The Kier molecular flexibility index (Phi) is 4.20. The maximum absolute atomic E-state index is 12.5. The highest BCUT2D eigenvalue weighted by Gasteiger charge is 2.13. The smallest absolute Gasteiger partial charge is 0.167 e. The van der Waals surface area contributed by atoms with Gasteiger partial charge in [0.05, 0.1) is 0 Å². The average molecular weight is 317 g/mol. The number of aryl methyl sites for hydroxylation is 3. The molecule has 2 aromatic carbocycles. The Labute approximate surface area is 122 Å². The van der Waals surface area contributed by atoms with Crippen LogP contribution in [0.2, 0.25) is 0 Å². The monoisotopic (exact) mass is 316 g/mol. The highest BCUT2D eigenvalue weighted by molar-refractivity contribution is 9.10. The zero-order chi connectivity index (χ0) is 14.0. The molecule has 0 heterocycles. The summed E-state index contributed by atoms with van der Waals surface area (Å²) < 4.78 is 0.947. The van der Waals surface area contributed by atoms with Crippen LogP contribution in [0.3, 0.4) is 0 Å². The molecule has 0 spiro atoms. The Morgan fingerprint density at radius 1 is 1.00 bits per heavy atom. The molecule has 0 saturated carbocycles. The first-order valence-corrected chi connectivity index (χ1v) is 7.13. The molecule has 0 saturated heterocycles. The summed E-state index contributed by atoms with van der Waals surface area (Å²) in [7, 11) is 0. The van der Waals surface area contributed by atoms with Crippen molar-refractivity contribution in [3.05, 3.63) is 68.7 Å². The predicted molar refractivity (Wildman–Crippen MR) is 82.8 cm³/mol. The third-order valence-electron chi connectivity index (χ3n) is 3.48. The first-order chi connectivity index (χ1) is 8.99. The molecule has 0 atom stereocenters. The quantitative estimate of drug-likeness (QED) is 0.743. The highest BCUT2D eigenvalue weighted by atomic mass is 79.9. The number of ketones is 1. The van der Waals surface area contributed by atoms with Crippen molar-refractivity contribution in [2.75, 3.05) is 0 Å². The van der Waals surface area contributed by atoms with Gasteiger partial charge in [-0.3, -0.25) is 4.79 Å². The van der Waals surface area contributed by atoms with Crippen LogP contribution in [0.5, 0.6) is 0 Å². The molecule has 0 N–H and O–H groups in total. The summed E-state index contributed by atoms with van der Waals surface area (Å²) >= 11 is 3.43. The fraction of sp³-hybridized carbons (Fsp3) is 0.235. The van der Waals surface area contributed by atoms with Crippen molar-refractivity contribution in [3.8, 4) is 0 Å². The van der Waals surface area contributed by atoms with Crippen LogP contribution in [0, 0.1) is 20.8 Å². The highest BCUT2D eigenvalue weighted by Crippen LogP contribution is 2.20. The summed E-state index contributed by atoms with van der Waals surface area (Å²) in [6.45, 7) is 6.09. The van der Waals surface area contributed by atoms with Gasteiger partial charge < -0.3 is 0 Å². The van der Waals surface area contributed by atoms with Gasteiger partial charge in [0.15, 0.2) is 5.78 Å². The van der Waals surface area contributed by atoms with E-state index in [-0.39, 0.29) is 5.78 Å². The van der Waals surface area contributed by atoms with Crippen LogP contribution in [0.15, 0.2) is 40.9 Å². The topological polar surface area (TPSA) is 17.1 Å². The maximum Gasteiger partial charge on any atom is 0.167 e. The number of carbonyl (C=O) groups excluding carboxylic acids is 1. The molecule has 98 valence electrons. The lowest BCUT2D eigenvalue weighted by atomic mass is 9.94.